The summed E-state index contributed by atoms with van der Waals surface area (Å²) in [5.41, 5.74) is 0.133. The third-order valence-electron chi connectivity index (χ3n) is 6.01. The monoisotopic (exact) mass is 461 g/mol. The van der Waals surface area contributed by atoms with E-state index in [9.17, 15) is 9.59 Å². The van der Waals surface area contributed by atoms with Gasteiger partial charge in [-0.2, -0.15) is 0 Å². The number of aromatic nitrogens is 1. The molecule has 0 spiro atoms. The molecule has 0 bridgehead atoms. The van der Waals surface area contributed by atoms with Crippen LogP contribution in [0.4, 0.5) is 0 Å². The quantitative estimate of drug-likeness (QED) is 0.584. The number of rotatable bonds is 7. The van der Waals surface area contributed by atoms with Crippen LogP contribution in [0.3, 0.4) is 0 Å². The van der Waals surface area contributed by atoms with Gasteiger partial charge in [-0.25, -0.2) is 0 Å². The molecule has 4 rings (SSSR count). The highest BCUT2D eigenvalue weighted by Crippen LogP contribution is 2.23. The third-order valence-corrected chi connectivity index (χ3v) is 6.01. The van der Waals surface area contributed by atoms with Gasteiger partial charge in [-0.1, -0.05) is 36.4 Å². The average Bonchev–Trinajstić information content (AvgIpc) is 3.08. The lowest BCUT2D eigenvalue weighted by Crippen LogP contribution is -2.57. The molecule has 2 amide bonds. The van der Waals surface area contributed by atoms with E-state index in [1.807, 2.05) is 36.5 Å². The van der Waals surface area contributed by atoms with Crippen molar-refractivity contribution in [2.75, 3.05) is 32.9 Å². The minimum Gasteiger partial charge on any atom is -0.484 e. The van der Waals surface area contributed by atoms with Crippen LogP contribution in [0.1, 0.15) is 19.4 Å². The lowest BCUT2D eigenvalue weighted by molar-refractivity contribution is -0.141. The molecule has 7 heteroatoms. The number of pyridine rings is 1. The van der Waals surface area contributed by atoms with Crippen molar-refractivity contribution in [3.05, 3.63) is 72.6 Å². The molecule has 34 heavy (non-hydrogen) atoms. The fourth-order valence-corrected chi connectivity index (χ4v) is 4.35. The second-order valence-electron chi connectivity index (χ2n) is 9.19. The van der Waals surface area contributed by atoms with E-state index in [2.05, 4.69) is 22.4 Å². The number of hydrogen-bond donors (Lipinski definition) is 1. The first-order valence-corrected chi connectivity index (χ1v) is 11.6. The summed E-state index contributed by atoms with van der Waals surface area (Å²) in [5.74, 6) is 0.284. The minimum atomic E-state index is -1.06. The van der Waals surface area contributed by atoms with Crippen molar-refractivity contribution in [2.24, 2.45) is 5.92 Å². The summed E-state index contributed by atoms with van der Waals surface area (Å²) in [6.07, 6.45) is 4.47. The van der Waals surface area contributed by atoms with Crippen LogP contribution in [0, 0.1) is 5.92 Å². The number of ether oxygens (including phenoxy) is 2. The molecule has 1 aliphatic heterocycles. The van der Waals surface area contributed by atoms with Gasteiger partial charge < -0.3 is 19.7 Å². The number of nitrogens with zero attached hydrogens (tertiary/aromatic N) is 2. The van der Waals surface area contributed by atoms with Gasteiger partial charge in [0, 0.05) is 36.8 Å². The number of amides is 2. The highest BCUT2D eigenvalue weighted by molar-refractivity contribution is 5.91. The van der Waals surface area contributed by atoms with Crippen LogP contribution < -0.4 is 10.1 Å². The van der Waals surface area contributed by atoms with E-state index in [0.29, 0.717) is 32.1 Å². The van der Waals surface area contributed by atoms with Crippen molar-refractivity contribution >= 4 is 22.6 Å². The number of para-hydroxylation sites is 1. The van der Waals surface area contributed by atoms with Crippen LogP contribution in [0.25, 0.3) is 10.8 Å². The van der Waals surface area contributed by atoms with Crippen molar-refractivity contribution in [1.29, 1.82) is 0 Å². The fraction of sp³-hybridized carbons (Fsp3) is 0.370. The SMILES string of the molecule is CC(C)(NC(=O)COc1ccccc1)C(=O)N1CCOC[C@H](Cc2cccc3ccncc23)C1. The summed E-state index contributed by atoms with van der Waals surface area (Å²) in [7, 11) is 0. The van der Waals surface area contributed by atoms with Crippen molar-refractivity contribution in [1.82, 2.24) is 15.2 Å². The molecule has 0 unspecified atom stereocenters. The minimum absolute atomic E-state index is 0.129. The topological polar surface area (TPSA) is 80.8 Å². The van der Waals surface area contributed by atoms with Crippen LogP contribution in [0.15, 0.2) is 67.0 Å². The van der Waals surface area contributed by atoms with Gasteiger partial charge >= 0.3 is 0 Å². The predicted octanol–water partition coefficient (Wildman–Crippen LogP) is 3.23. The Kier molecular flexibility index (Phi) is 7.43. The van der Waals surface area contributed by atoms with E-state index in [-0.39, 0.29) is 24.3 Å². The molecule has 1 saturated heterocycles. The number of benzene rings is 2. The van der Waals surface area contributed by atoms with E-state index in [1.54, 1.807) is 37.1 Å². The van der Waals surface area contributed by atoms with Crippen LogP contribution in [-0.4, -0.2) is 60.1 Å². The van der Waals surface area contributed by atoms with Crippen LogP contribution in [-0.2, 0) is 20.7 Å². The number of hydrogen-bond acceptors (Lipinski definition) is 5. The maximum absolute atomic E-state index is 13.4. The zero-order valence-corrected chi connectivity index (χ0v) is 19.7. The van der Waals surface area contributed by atoms with Crippen molar-refractivity contribution in [3.63, 3.8) is 0 Å². The normalized spacial score (nSPS) is 16.6. The van der Waals surface area contributed by atoms with Gasteiger partial charge in [0.2, 0.25) is 5.91 Å². The Balaban J connectivity index is 1.38. The molecule has 2 aromatic carbocycles. The van der Waals surface area contributed by atoms with Gasteiger partial charge in [0.05, 0.1) is 13.2 Å². The molecular weight excluding hydrogens is 430 g/mol. The molecule has 0 saturated carbocycles. The first-order chi connectivity index (χ1) is 16.4. The van der Waals surface area contributed by atoms with E-state index in [4.69, 9.17) is 9.47 Å². The van der Waals surface area contributed by atoms with E-state index in [0.717, 1.165) is 17.2 Å². The van der Waals surface area contributed by atoms with Crippen molar-refractivity contribution < 1.29 is 19.1 Å². The van der Waals surface area contributed by atoms with Crippen molar-refractivity contribution in [2.45, 2.75) is 25.8 Å². The highest BCUT2D eigenvalue weighted by Gasteiger charge is 2.35. The smallest absolute Gasteiger partial charge is 0.258 e. The molecule has 2 heterocycles. The number of carbonyl (C=O) groups is 2. The molecule has 1 fully saturated rings. The number of nitrogens with one attached hydrogen (secondary N) is 1. The molecule has 0 aliphatic carbocycles. The summed E-state index contributed by atoms with van der Waals surface area (Å²) in [6.45, 7) is 5.42. The maximum Gasteiger partial charge on any atom is 0.258 e. The summed E-state index contributed by atoms with van der Waals surface area (Å²) < 4.78 is 11.4. The summed E-state index contributed by atoms with van der Waals surface area (Å²) in [4.78, 5) is 32.0. The van der Waals surface area contributed by atoms with Gasteiger partial charge in [-0.15, -0.1) is 0 Å². The second-order valence-corrected chi connectivity index (χ2v) is 9.19. The Bertz CT molecular complexity index is 1130. The van der Waals surface area contributed by atoms with Crippen molar-refractivity contribution in [3.8, 4) is 5.75 Å². The van der Waals surface area contributed by atoms with Gasteiger partial charge in [0.1, 0.15) is 11.3 Å². The first kappa shape index (κ1) is 23.7. The predicted molar refractivity (Wildman–Crippen MR) is 130 cm³/mol. The highest BCUT2D eigenvalue weighted by atomic mass is 16.5. The first-order valence-electron chi connectivity index (χ1n) is 11.6. The second kappa shape index (κ2) is 10.7. The molecule has 1 atom stereocenters. The third kappa shape index (κ3) is 5.91. The van der Waals surface area contributed by atoms with Gasteiger partial charge in [0.25, 0.3) is 5.91 Å². The fourth-order valence-electron chi connectivity index (χ4n) is 4.35. The Morgan fingerprint density at radius 2 is 1.97 bits per heavy atom. The van der Waals surface area contributed by atoms with E-state index >= 15 is 0 Å². The molecular formula is C27H31N3O4. The Morgan fingerprint density at radius 1 is 1.15 bits per heavy atom. The average molecular weight is 462 g/mol. The number of carbonyl (C=O) groups excluding carboxylic acids is 2. The molecule has 7 nitrogen and oxygen atoms in total. The molecule has 178 valence electrons. The van der Waals surface area contributed by atoms with Crippen LogP contribution in [0.5, 0.6) is 5.75 Å². The van der Waals surface area contributed by atoms with Crippen LogP contribution in [0.2, 0.25) is 0 Å². The molecule has 3 aromatic rings. The van der Waals surface area contributed by atoms with Gasteiger partial charge in [-0.3, -0.25) is 14.6 Å². The zero-order chi connectivity index (χ0) is 24.0. The van der Waals surface area contributed by atoms with E-state index < -0.39 is 5.54 Å². The lowest BCUT2D eigenvalue weighted by Gasteiger charge is -2.33. The molecule has 1 aromatic heterocycles. The van der Waals surface area contributed by atoms with Gasteiger partial charge in [-0.05, 0) is 49.4 Å². The Labute approximate surface area is 200 Å². The lowest BCUT2D eigenvalue weighted by atomic mass is 9.95. The van der Waals surface area contributed by atoms with Crippen LogP contribution >= 0.6 is 0 Å². The standard InChI is InChI=1S/C27H31N3O4/c1-27(2,29-25(31)19-34-23-9-4-3-5-10-23)26(32)30-13-14-33-18-20(17-30)15-22-8-6-7-21-11-12-28-16-24(21)22/h3-12,16,20H,13-15,17-19H2,1-2H3,(H,29,31)/t20-/m1/s1. The molecule has 1 aliphatic rings. The van der Waals surface area contributed by atoms with E-state index in [1.165, 1.54) is 5.56 Å². The zero-order valence-electron chi connectivity index (χ0n) is 19.7. The molecule has 0 radical (unpaired) electrons. The maximum atomic E-state index is 13.4. The Morgan fingerprint density at radius 3 is 2.79 bits per heavy atom. The summed E-state index contributed by atoms with van der Waals surface area (Å²) in [6, 6.07) is 17.4. The Hall–Kier alpha value is -3.45. The summed E-state index contributed by atoms with van der Waals surface area (Å²) in [5, 5.41) is 5.10. The molecule has 1 N–H and O–H groups in total. The largest absolute Gasteiger partial charge is 0.484 e. The summed E-state index contributed by atoms with van der Waals surface area (Å²) >= 11 is 0. The number of fused-ring (bicyclic) bond motifs is 1. The van der Waals surface area contributed by atoms with Gasteiger partial charge in [0.15, 0.2) is 6.61 Å².